The number of carbonyl (C=O) groups is 2. The summed E-state index contributed by atoms with van der Waals surface area (Å²) >= 11 is 11.7. The minimum Gasteiger partial charge on any atom is -0.459 e. The van der Waals surface area contributed by atoms with E-state index >= 15 is 0 Å². The number of rotatable bonds is 6. The summed E-state index contributed by atoms with van der Waals surface area (Å²) < 4.78 is 9.63. The van der Waals surface area contributed by atoms with E-state index in [1.165, 1.54) is 19.1 Å². The van der Waals surface area contributed by atoms with Gasteiger partial charge in [-0.15, -0.1) is 0 Å². The lowest BCUT2D eigenvalue weighted by Gasteiger charge is -2.04. The lowest BCUT2D eigenvalue weighted by molar-refractivity contribution is -0.146. The Morgan fingerprint density at radius 2 is 1.71 bits per heavy atom. The third-order valence-corrected chi connectivity index (χ3v) is 2.64. The molecule has 0 aromatic heterocycles. The largest absolute Gasteiger partial charge is 0.459 e. The summed E-state index contributed by atoms with van der Waals surface area (Å²) in [6.07, 6.45) is 2.77. The topological polar surface area (TPSA) is 52.6 Å². The lowest BCUT2D eigenvalue weighted by Crippen LogP contribution is -2.12. The predicted molar refractivity (Wildman–Crippen MR) is 82.2 cm³/mol. The van der Waals surface area contributed by atoms with Crippen LogP contribution in [0.3, 0.4) is 0 Å². The van der Waals surface area contributed by atoms with Gasteiger partial charge >= 0.3 is 11.9 Å². The summed E-state index contributed by atoms with van der Waals surface area (Å²) in [4.78, 5) is 22.5. The Morgan fingerprint density at radius 3 is 2.29 bits per heavy atom. The van der Waals surface area contributed by atoms with Gasteiger partial charge in [-0.25, -0.2) is 9.59 Å². The second-order valence-electron chi connectivity index (χ2n) is 4.12. The maximum atomic E-state index is 11.4. The minimum atomic E-state index is -0.558. The average molecular weight is 329 g/mol. The molecule has 0 atom stereocenters. The zero-order chi connectivity index (χ0) is 15.8. The van der Waals surface area contributed by atoms with Crippen LogP contribution in [0.25, 0.3) is 6.08 Å². The van der Waals surface area contributed by atoms with Gasteiger partial charge < -0.3 is 9.47 Å². The van der Waals surface area contributed by atoms with E-state index in [9.17, 15) is 9.59 Å². The molecule has 0 aliphatic carbocycles. The summed E-state index contributed by atoms with van der Waals surface area (Å²) in [5.41, 5.74) is 0.970. The fourth-order valence-electron chi connectivity index (χ4n) is 1.28. The molecule has 0 amide bonds. The van der Waals surface area contributed by atoms with Gasteiger partial charge in [0, 0.05) is 21.7 Å². The molecule has 0 heterocycles. The van der Waals surface area contributed by atoms with Crippen molar-refractivity contribution in [1.82, 2.24) is 0 Å². The minimum absolute atomic E-state index is 0.0196. The highest BCUT2D eigenvalue weighted by Crippen LogP contribution is 2.19. The molecule has 4 nitrogen and oxygen atoms in total. The lowest BCUT2D eigenvalue weighted by atomic mass is 10.2. The summed E-state index contributed by atoms with van der Waals surface area (Å²) in [7, 11) is 0. The van der Waals surface area contributed by atoms with E-state index in [0.717, 1.165) is 0 Å². The standard InChI is InChI=1S/C15H14Cl2O4/c1-10(2)15(19)21-6-5-20-14(18)4-3-11-7-12(16)9-13(17)8-11/h3-4,7-9H,1,5-6H2,2H3/b4-3+. The van der Waals surface area contributed by atoms with E-state index in [1.54, 1.807) is 18.2 Å². The maximum Gasteiger partial charge on any atom is 0.333 e. The molecule has 0 saturated heterocycles. The fraction of sp³-hybridized carbons (Fsp3) is 0.200. The quantitative estimate of drug-likeness (QED) is 0.454. The molecule has 0 N–H and O–H groups in total. The van der Waals surface area contributed by atoms with Gasteiger partial charge in [-0.3, -0.25) is 0 Å². The smallest absolute Gasteiger partial charge is 0.333 e. The Hall–Kier alpha value is -1.78. The fourth-order valence-corrected chi connectivity index (χ4v) is 1.83. The molecule has 0 aliphatic heterocycles. The van der Waals surface area contributed by atoms with Gasteiger partial charge in [-0.2, -0.15) is 0 Å². The number of carbonyl (C=O) groups excluding carboxylic acids is 2. The van der Waals surface area contributed by atoms with Crippen LogP contribution in [-0.2, 0) is 19.1 Å². The molecule has 0 radical (unpaired) electrons. The molecule has 112 valence electrons. The number of hydrogen-bond donors (Lipinski definition) is 0. The molecule has 0 spiro atoms. The molecule has 0 fully saturated rings. The van der Waals surface area contributed by atoms with Crippen molar-refractivity contribution >= 4 is 41.2 Å². The zero-order valence-electron chi connectivity index (χ0n) is 11.4. The number of hydrogen-bond acceptors (Lipinski definition) is 4. The Bertz CT molecular complexity index is 559. The second kappa shape index (κ2) is 8.49. The molecule has 1 rings (SSSR count). The summed E-state index contributed by atoms with van der Waals surface area (Å²) in [6, 6.07) is 4.91. The van der Waals surface area contributed by atoms with Crippen molar-refractivity contribution in [3.8, 4) is 0 Å². The number of benzene rings is 1. The van der Waals surface area contributed by atoms with Crippen LogP contribution in [0.5, 0.6) is 0 Å². The molecule has 0 aliphatic rings. The van der Waals surface area contributed by atoms with Crippen molar-refractivity contribution in [3.63, 3.8) is 0 Å². The molecule has 1 aromatic carbocycles. The molecule has 0 unspecified atom stereocenters. The van der Waals surface area contributed by atoms with Crippen molar-refractivity contribution in [1.29, 1.82) is 0 Å². The Balaban J connectivity index is 2.38. The monoisotopic (exact) mass is 328 g/mol. The van der Waals surface area contributed by atoms with Crippen LogP contribution in [0.4, 0.5) is 0 Å². The van der Waals surface area contributed by atoms with Gasteiger partial charge in [0.2, 0.25) is 0 Å². The Labute approximate surface area is 132 Å². The first-order valence-corrected chi connectivity index (χ1v) is 6.77. The van der Waals surface area contributed by atoms with Crippen molar-refractivity contribution < 1.29 is 19.1 Å². The van der Waals surface area contributed by atoms with Crippen LogP contribution in [0, 0.1) is 0 Å². The van der Waals surface area contributed by atoms with Crippen LogP contribution >= 0.6 is 23.2 Å². The van der Waals surface area contributed by atoms with Gasteiger partial charge in [0.15, 0.2) is 0 Å². The zero-order valence-corrected chi connectivity index (χ0v) is 12.9. The van der Waals surface area contributed by atoms with E-state index in [0.29, 0.717) is 21.2 Å². The van der Waals surface area contributed by atoms with Crippen LogP contribution in [-0.4, -0.2) is 25.2 Å². The van der Waals surface area contributed by atoms with E-state index in [2.05, 4.69) is 6.58 Å². The molecule has 6 heteroatoms. The third kappa shape index (κ3) is 6.97. The molecule has 21 heavy (non-hydrogen) atoms. The predicted octanol–water partition coefficient (Wildman–Crippen LogP) is 3.67. The molecule has 1 aromatic rings. The number of halogens is 2. The molecule has 0 saturated carbocycles. The summed E-state index contributed by atoms with van der Waals surface area (Å²) in [6.45, 7) is 4.92. The van der Waals surface area contributed by atoms with E-state index in [1.807, 2.05) is 0 Å². The third-order valence-electron chi connectivity index (χ3n) is 2.21. The van der Waals surface area contributed by atoms with Gasteiger partial charge in [-0.1, -0.05) is 29.8 Å². The normalized spacial score (nSPS) is 10.4. The number of ether oxygens (including phenoxy) is 2. The van der Waals surface area contributed by atoms with Gasteiger partial charge in [0.05, 0.1) is 0 Å². The van der Waals surface area contributed by atoms with Crippen molar-refractivity contribution in [2.24, 2.45) is 0 Å². The van der Waals surface area contributed by atoms with Crippen LogP contribution in [0.15, 0.2) is 36.4 Å². The second-order valence-corrected chi connectivity index (χ2v) is 4.99. The van der Waals surface area contributed by atoms with Gasteiger partial charge in [-0.05, 0) is 36.8 Å². The van der Waals surface area contributed by atoms with E-state index < -0.39 is 11.9 Å². The highest BCUT2D eigenvalue weighted by Gasteiger charge is 2.03. The van der Waals surface area contributed by atoms with Crippen molar-refractivity contribution in [2.45, 2.75) is 6.92 Å². The first-order valence-electron chi connectivity index (χ1n) is 6.02. The number of esters is 2. The Morgan fingerprint density at radius 1 is 1.14 bits per heavy atom. The Kier molecular flexibility index (Phi) is 6.99. The SMILES string of the molecule is C=C(C)C(=O)OCCOC(=O)/C=C/c1cc(Cl)cc(Cl)c1. The highest BCUT2D eigenvalue weighted by atomic mass is 35.5. The summed E-state index contributed by atoms with van der Waals surface area (Å²) in [5.74, 6) is -1.08. The average Bonchev–Trinajstić information content (AvgIpc) is 2.40. The maximum absolute atomic E-state index is 11.4. The first kappa shape index (κ1) is 17.3. The molecular weight excluding hydrogens is 315 g/mol. The first-order chi connectivity index (χ1) is 9.88. The van der Waals surface area contributed by atoms with Gasteiger partial charge in [0.25, 0.3) is 0 Å². The van der Waals surface area contributed by atoms with Crippen molar-refractivity contribution in [2.75, 3.05) is 13.2 Å². The van der Waals surface area contributed by atoms with E-state index in [-0.39, 0.29) is 13.2 Å². The van der Waals surface area contributed by atoms with Crippen LogP contribution < -0.4 is 0 Å². The van der Waals surface area contributed by atoms with Crippen LogP contribution in [0.2, 0.25) is 10.0 Å². The van der Waals surface area contributed by atoms with E-state index in [4.69, 9.17) is 32.7 Å². The molecular formula is C15H14Cl2O4. The van der Waals surface area contributed by atoms with Crippen molar-refractivity contribution in [3.05, 3.63) is 52.0 Å². The highest BCUT2D eigenvalue weighted by molar-refractivity contribution is 6.34. The summed E-state index contributed by atoms with van der Waals surface area (Å²) in [5, 5.41) is 0.949. The molecule has 0 bridgehead atoms. The van der Waals surface area contributed by atoms with Gasteiger partial charge in [0.1, 0.15) is 13.2 Å². The van der Waals surface area contributed by atoms with Crippen LogP contribution in [0.1, 0.15) is 12.5 Å².